The first-order valence-electron chi connectivity index (χ1n) is 9.03. The van der Waals surface area contributed by atoms with Crippen LogP contribution in [0.2, 0.25) is 0 Å². The molecule has 0 aromatic rings. The molecule has 0 amide bonds. The lowest BCUT2D eigenvalue weighted by molar-refractivity contribution is -0.0660. The summed E-state index contributed by atoms with van der Waals surface area (Å²) in [7, 11) is 0. The monoisotopic (exact) mass is 273 g/mol. The summed E-state index contributed by atoms with van der Waals surface area (Å²) in [5.41, 5.74) is 1.45. The maximum Gasteiger partial charge on any atom is 0.0689 e. The van der Waals surface area contributed by atoms with Gasteiger partial charge in [-0.1, -0.05) is 20.3 Å². The van der Waals surface area contributed by atoms with Gasteiger partial charge in [0, 0.05) is 0 Å². The molecule has 4 aliphatic carbocycles. The van der Waals surface area contributed by atoms with E-state index >= 15 is 0 Å². The minimum atomic E-state index is 0.0314. The van der Waals surface area contributed by atoms with E-state index in [4.69, 9.17) is 0 Å². The fraction of sp³-hybridized carbons (Fsp3) is 0.947. The number of nitriles is 1. The maximum absolute atomic E-state index is 9.48. The molecule has 4 fully saturated rings. The average molecular weight is 273 g/mol. The summed E-state index contributed by atoms with van der Waals surface area (Å²) in [4.78, 5) is 0. The van der Waals surface area contributed by atoms with Crippen molar-refractivity contribution in [2.24, 2.45) is 22.2 Å². The smallest absolute Gasteiger partial charge is 0.0689 e. The lowest BCUT2D eigenvalue weighted by Crippen LogP contribution is -2.46. The van der Waals surface area contributed by atoms with Crippen LogP contribution < -0.4 is 0 Å². The molecule has 1 heteroatoms. The van der Waals surface area contributed by atoms with E-state index < -0.39 is 0 Å². The molecule has 4 aliphatic rings. The Morgan fingerprint density at radius 3 is 1.80 bits per heavy atom. The second-order valence-corrected chi connectivity index (χ2v) is 8.24. The largest absolute Gasteiger partial charge is 0.198 e. The first-order valence-corrected chi connectivity index (χ1v) is 9.03. The Morgan fingerprint density at radius 1 is 0.850 bits per heavy atom. The highest BCUT2D eigenvalue weighted by Crippen LogP contribution is 2.63. The summed E-state index contributed by atoms with van der Waals surface area (Å²) in [5, 5.41) is 9.48. The Balaban J connectivity index is 1.66. The molecule has 0 aromatic carbocycles. The molecule has 20 heavy (non-hydrogen) atoms. The van der Waals surface area contributed by atoms with Crippen molar-refractivity contribution >= 4 is 0 Å². The zero-order valence-electron chi connectivity index (χ0n) is 13.5. The highest BCUT2D eigenvalue weighted by molar-refractivity contribution is 5.06. The summed E-state index contributed by atoms with van der Waals surface area (Å²) >= 11 is 0. The molecule has 0 spiro atoms. The van der Waals surface area contributed by atoms with E-state index in [9.17, 15) is 5.26 Å². The summed E-state index contributed by atoms with van der Waals surface area (Å²) < 4.78 is 0. The van der Waals surface area contributed by atoms with Crippen molar-refractivity contribution in [2.75, 3.05) is 0 Å². The number of nitrogens with zero attached hydrogens (tertiary/aromatic N) is 1. The average Bonchev–Trinajstić information content (AvgIpc) is 2.56. The molecule has 4 rings (SSSR count). The standard InChI is InChI=1S/C19H31N/c1-3-17-9-12-19(13-10-17,14-11-17)16-5-7-18(4-2,15-20)8-6-16/h16H,3-14H2,1-2H3. The fourth-order valence-electron chi connectivity index (χ4n) is 5.76. The third-order valence-electron chi connectivity index (χ3n) is 7.93. The third-order valence-corrected chi connectivity index (χ3v) is 7.93. The Kier molecular flexibility index (Phi) is 3.64. The van der Waals surface area contributed by atoms with E-state index in [1.54, 1.807) is 0 Å². The SMILES string of the molecule is CCC1(C#N)CCC(C23CCC(CC)(CC2)CC3)CC1. The van der Waals surface area contributed by atoms with E-state index in [1.807, 2.05) is 0 Å². The lowest BCUT2D eigenvalue weighted by Gasteiger charge is -2.58. The predicted octanol–water partition coefficient (Wildman–Crippen LogP) is 5.85. The van der Waals surface area contributed by atoms with Gasteiger partial charge in [0.15, 0.2) is 0 Å². The Labute approximate surface area is 125 Å². The highest BCUT2D eigenvalue weighted by atomic mass is 14.6. The van der Waals surface area contributed by atoms with Crippen molar-refractivity contribution in [2.45, 2.75) is 90.9 Å². The van der Waals surface area contributed by atoms with Crippen LogP contribution in [-0.4, -0.2) is 0 Å². The van der Waals surface area contributed by atoms with Crippen LogP contribution in [-0.2, 0) is 0 Å². The fourth-order valence-corrected chi connectivity index (χ4v) is 5.76. The Hall–Kier alpha value is -0.510. The van der Waals surface area contributed by atoms with Crippen LogP contribution in [0.1, 0.15) is 90.9 Å². The molecular weight excluding hydrogens is 242 g/mol. The minimum Gasteiger partial charge on any atom is -0.198 e. The molecular formula is C19H31N. The number of hydrogen-bond acceptors (Lipinski definition) is 1. The second kappa shape index (κ2) is 5.04. The Bertz CT molecular complexity index is 370. The molecule has 0 aliphatic heterocycles. The molecule has 0 aromatic heterocycles. The molecule has 0 saturated heterocycles. The van der Waals surface area contributed by atoms with Crippen molar-refractivity contribution in [3.8, 4) is 6.07 Å². The Morgan fingerprint density at radius 2 is 1.40 bits per heavy atom. The topological polar surface area (TPSA) is 23.8 Å². The van der Waals surface area contributed by atoms with Crippen LogP contribution in [0, 0.1) is 33.5 Å². The molecule has 0 atom stereocenters. The van der Waals surface area contributed by atoms with E-state index in [2.05, 4.69) is 19.9 Å². The number of hydrogen-bond donors (Lipinski definition) is 0. The molecule has 4 saturated carbocycles. The molecule has 1 nitrogen and oxygen atoms in total. The van der Waals surface area contributed by atoms with Crippen molar-refractivity contribution < 1.29 is 0 Å². The van der Waals surface area contributed by atoms with Gasteiger partial charge >= 0.3 is 0 Å². The summed E-state index contributed by atoms with van der Waals surface area (Å²) in [5.74, 6) is 0.936. The minimum absolute atomic E-state index is 0.0314. The van der Waals surface area contributed by atoms with Gasteiger partial charge in [0.2, 0.25) is 0 Å². The quantitative estimate of drug-likeness (QED) is 0.633. The number of rotatable bonds is 3. The van der Waals surface area contributed by atoms with Crippen LogP contribution in [0.4, 0.5) is 0 Å². The highest BCUT2D eigenvalue weighted by Gasteiger charge is 2.52. The van der Waals surface area contributed by atoms with Gasteiger partial charge in [-0.25, -0.2) is 0 Å². The summed E-state index contributed by atoms with van der Waals surface area (Å²) in [6.07, 6.45) is 16.5. The van der Waals surface area contributed by atoms with Gasteiger partial charge in [-0.3, -0.25) is 0 Å². The first kappa shape index (κ1) is 14.4. The second-order valence-electron chi connectivity index (χ2n) is 8.24. The summed E-state index contributed by atoms with van der Waals surface area (Å²) in [6, 6.07) is 2.65. The summed E-state index contributed by atoms with van der Waals surface area (Å²) in [6.45, 7) is 4.61. The molecule has 0 N–H and O–H groups in total. The van der Waals surface area contributed by atoms with Crippen LogP contribution in [0.15, 0.2) is 0 Å². The van der Waals surface area contributed by atoms with Gasteiger partial charge in [0.25, 0.3) is 0 Å². The lowest BCUT2D eigenvalue weighted by atomic mass is 9.47. The maximum atomic E-state index is 9.48. The first-order chi connectivity index (χ1) is 9.62. The van der Waals surface area contributed by atoms with E-state index in [-0.39, 0.29) is 5.41 Å². The van der Waals surface area contributed by atoms with Crippen LogP contribution in [0.3, 0.4) is 0 Å². The molecule has 0 radical (unpaired) electrons. The van der Waals surface area contributed by atoms with Crippen molar-refractivity contribution in [1.29, 1.82) is 5.26 Å². The van der Waals surface area contributed by atoms with Gasteiger partial charge in [0.05, 0.1) is 11.5 Å². The zero-order valence-corrected chi connectivity index (χ0v) is 13.5. The molecule has 112 valence electrons. The van der Waals surface area contributed by atoms with Crippen molar-refractivity contribution in [3.63, 3.8) is 0 Å². The van der Waals surface area contributed by atoms with Crippen LogP contribution in [0.25, 0.3) is 0 Å². The van der Waals surface area contributed by atoms with Crippen molar-refractivity contribution in [1.82, 2.24) is 0 Å². The van der Waals surface area contributed by atoms with Gasteiger partial charge in [-0.05, 0) is 87.4 Å². The predicted molar refractivity (Wildman–Crippen MR) is 83.2 cm³/mol. The normalized spacial score (nSPS) is 48.0. The zero-order chi connectivity index (χ0) is 14.3. The van der Waals surface area contributed by atoms with Crippen molar-refractivity contribution in [3.05, 3.63) is 0 Å². The third kappa shape index (κ3) is 2.11. The molecule has 2 bridgehead atoms. The van der Waals surface area contributed by atoms with E-state index in [1.165, 1.54) is 70.6 Å². The van der Waals surface area contributed by atoms with Crippen LogP contribution >= 0.6 is 0 Å². The molecule has 0 unspecified atom stereocenters. The van der Waals surface area contributed by atoms with E-state index in [0.29, 0.717) is 5.41 Å². The number of fused-ring (bicyclic) bond motifs is 3. The van der Waals surface area contributed by atoms with Gasteiger partial charge in [-0.15, -0.1) is 0 Å². The van der Waals surface area contributed by atoms with Gasteiger partial charge in [0.1, 0.15) is 0 Å². The van der Waals surface area contributed by atoms with Gasteiger partial charge < -0.3 is 0 Å². The van der Waals surface area contributed by atoms with E-state index in [0.717, 1.165) is 17.8 Å². The van der Waals surface area contributed by atoms with Crippen LogP contribution in [0.5, 0.6) is 0 Å². The molecule has 0 heterocycles. The van der Waals surface area contributed by atoms with Gasteiger partial charge in [-0.2, -0.15) is 5.26 Å².